The van der Waals surface area contributed by atoms with Gasteiger partial charge in [0, 0.05) is 13.2 Å². The van der Waals surface area contributed by atoms with Gasteiger partial charge in [-0.1, -0.05) is 19.1 Å². The zero-order valence-electron chi connectivity index (χ0n) is 9.79. The lowest BCUT2D eigenvalue weighted by atomic mass is 10.2. The van der Waals surface area contributed by atoms with Gasteiger partial charge in [0.1, 0.15) is 0 Å². The Bertz CT molecular complexity index is 126. The molecule has 0 unspecified atom stereocenters. The molecular formula is C12H24O2. The van der Waals surface area contributed by atoms with E-state index in [-0.39, 0.29) is 6.29 Å². The summed E-state index contributed by atoms with van der Waals surface area (Å²) in [5, 5.41) is 0. The molecule has 0 aromatic heterocycles. The van der Waals surface area contributed by atoms with E-state index >= 15 is 0 Å². The molecule has 0 bridgehead atoms. The molecule has 2 heteroatoms. The van der Waals surface area contributed by atoms with Crippen LogP contribution in [-0.4, -0.2) is 19.5 Å². The van der Waals surface area contributed by atoms with E-state index in [1.165, 1.54) is 0 Å². The highest BCUT2D eigenvalue weighted by Gasteiger charge is 2.05. The van der Waals surface area contributed by atoms with E-state index in [0.29, 0.717) is 0 Å². The summed E-state index contributed by atoms with van der Waals surface area (Å²) in [6, 6.07) is 0. The lowest BCUT2D eigenvalue weighted by Gasteiger charge is -2.15. The molecule has 0 radical (unpaired) electrons. The van der Waals surface area contributed by atoms with Crippen LogP contribution in [-0.2, 0) is 9.47 Å². The van der Waals surface area contributed by atoms with Gasteiger partial charge in [-0.15, -0.1) is 0 Å². The molecule has 0 amide bonds. The van der Waals surface area contributed by atoms with Crippen molar-refractivity contribution < 1.29 is 9.47 Å². The molecule has 0 rings (SSSR count). The lowest BCUT2D eigenvalue weighted by Crippen LogP contribution is -2.16. The van der Waals surface area contributed by atoms with Crippen LogP contribution in [0.1, 0.15) is 46.5 Å². The maximum Gasteiger partial charge on any atom is 0.157 e. The molecule has 0 spiro atoms. The zero-order valence-corrected chi connectivity index (χ0v) is 9.79. The van der Waals surface area contributed by atoms with Crippen molar-refractivity contribution in [2.24, 2.45) is 0 Å². The van der Waals surface area contributed by atoms with Gasteiger partial charge in [-0.25, -0.2) is 0 Å². The summed E-state index contributed by atoms with van der Waals surface area (Å²) in [6.07, 6.45) is 8.83. The summed E-state index contributed by atoms with van der Waals surface area (Å²) < 4.78 is 10.9. The fraction of sp³-hybridized carbons (Fsp3) is 0.833. The highest BCUT2D eigenvalue weighted by Crippen LogP contribution is 2.07. The van der Waals surface area contributed by atoms with E-state index in [2.05, 4.69) is 19.1 Å². The standard InChI is InChI=1S/C12H24O2/c1-4-7-8-9-10-11-12(13-5-2)14-6-3/h7-8,12H,4-6,9-11H2,1-3H3/b8-7+. The fourth-order valence-electron chi connectivity index (χ4n) is 1.27. The Balaban J connectivity index is 3.44. The molecule has 0 N–H and O–H groups in total. The largest absolute Gasteiger partial charge is 0.353 e. The van der Waals surface area contributed by atoms with E-state index in [4.69, 9.17) is 9.47 Å². The van der Waals surface area contributed by atoms with Crippen molar-refractivity contribution in [3.63, 3.8) is 0 Å². The minimum atomic E-state index is 0.0000246. The van der Waals surface area contributed by atoms with Crippen LogP contribution in [0.5, 0.6) is 0 Å². The Hall–Kier alpha value is -0.340. The van der Waals surface area contributed by atoms with Crippen LogP contribution < -0.4 is 0 Å². The van der Waals surface area contributed by atoms with E-state index in [1.807, 2.05) is 13.8 Å². The first-order chi connectivity index (χ1) is 6.85. The average molecular weight is 200 g/mol. The first kappa shape index (κ1) is 13.7. The van der Waals surface area contributed by atoms with Crippen molar-refractivity contribution in [1.29, 1.82) is 0 Å². The number of hydrogen-bond acceptors (Lipinski definition) is 2. The molecule has 0 saturated carbocycles. The van der Waals surface area contributed by atoms with Gasteiger partial charge in [-0.05, 0) is 39.5 Å². The summed E-state index contributed by atoms with van der Waals surface area (Å²) >= 11 is 0. The summed E-state index contributed by atoms with van der Waals surface area (Å²) in [7, 11) is 0. The van der Waals surface area contributed by atoms with E-state index < -0.39 is 0 Å². The SMILES string of the molecule is CC/C=C/CCCC(OCC)OCC. The highest BCUT2D eigenvalue weighted by molar-refractivity contribution is 4.79. The molecule has 0 atom stereocenters. The second-order valence-corrected chi connectivity index (χ2v) is 3.15. The van der Waals surface area contributed by atoms with Crippen molar-refractivity contribution in [2.45, 2.75) is 52.7 Å². The number of rotatable bonds is 9. The number of ether oxygens (including phenoxy) is 2. The van der Waals surface area contributed by atoms with Gasteiger partial charge < -0.3 is 9.47 Å². The Kier molecular flexibility index (Phi) is 10.5. The summed E-state index contributed by atoms with van der Waals surface area (Å²) in [6.45, 7) is 7.62. The Morgan fingerprint density at radius 1 is 1.00 bits per heavy atom. The highest BCUT2D eigenvalue weighted by atomic mass is 16.7. The Morgan fingerprint density at radius 2 is 1.64 bits per heavy atom. The van der Waals surface area contributed by atoms with Gasteiger partial charge in [0.05, 0.1) is 0 Å². The van der Waals surface area contributed by atoms with Crippen LogP contribution in [0.2, 0.25) is 0 Å². The zero-order chi connectivity index (χ0) is 10.6. The van der Waals surface area contributed by atoms with E-state index in [9.17, 15) is 0 Å². The van der Waals surface area contributed by atoms with Gasteiger partial charge in [0.15, 0.2) is 6.29 Å². The topological polar surface area (TPSA) is 18.5 Å². The van der Waals surface area contributed by atoms with Crippen molar-refractivity contribution in [3.8, 4) is 0 Å². The molecule has 0 fully saturated rings. The third-order valence-corrected chi connectivity index (χ3v) is 1.92. The van der Waals surface area contributed by atoms with Crippen molar-refractivity contribution >= 4 is 0 Å². The van der Waals surface area contributed by atoms with Crippen LogP contribution in [0.25, 0.3) is 0 Å². The average Bonchev–Trinajstić information content (AvgIpc) is 2.18. The normalized spacial score (nSPS) is 11.7. The Labute approximate surface area is 88.3 Å². The second-order valence-electron chi connectivity index (χ2n) is 3.15. The van der Waals surface area contributed by atoms with Crippen LogP contribution in [0.15, 0.2) is 12.2 Å². The molecule has 84 valence electrons. The Morgan fingerprint density at radius 3 is 2.14 bits per heavy atom. The maximum atomic E-state index is 5.44. The van der Waals surface area contributed by atoms with Crippen LogP contribution >= 0.6 is 0 Å². The summed E-state index contributed by atoms with van der Waals surface area (Å²) in [5.74, 6) is 0. The van der Waals surface area contributed by atoms with E-state index in [0.717, 1.165) is 38.9 Å². The smallest absolute Gasteiger partial charge is 0.157 e. The first-order valence-corrected chi connectivity index (χ1v) is 5.73. The molecular weight excluding hydrogens is 176 g/mol. The molecule has 0 aliphatic heterocycles. The first-order valence-electron chi connectivity index (χ1n) is 5.73. The van der Waals surface area contributed by atoms with Crippen molar-refractivity contribution in [2.75, 3.05) is 13.2 Å². The number of allylic oxidation sites excluding steroid dienone is 2. The van der Waals surface area contributed by atoms with Crippen molar-refractivity contribution in [3.05, 3.63) is 12.2 Å². The predicted octanol–water partition coefficient (Wildman–Crippen LogP) is 3.52. The summed E-state index contributed by atoms with van der Waals surface area (Å²) in [5.41, 5.74) is 0. The molecule has 0 aliphatic carbocycles. The molecule has 0 saturated heterocycles. The molecule has 0 aliphatic rings. The molecule has 0 aromatic carbocycles. The number of unbranched alkanes of at least 4 members (excludes halogenated alkanes) is 1. The van der Waals surface area contributed by atoms with E-state index in [1.54, 1.807) is 0 Å². The third-order valence-electron chi connectivity index (χ3n) is 1.92. The lowest BCUT2D eigenvalue weighted by molar-refractivity contribution is -0.139. The minimum absolute atomic E-state index is 0.0000246. The minimum Gasteiger partial charge on any atom is -0.353 e. The number of hydrogen-bond donors (Lipinski definition) is 0. The molecule has 2 nitrogen and oxygen atoms in total. The van der Waals surface area contributed by atoms with Crippen LogP contribution in [0, 0.1) is 0 Å². The molecule has 14 heavy (non-hydrogen) atoms. The van der Waals surface area contributed by atoms with Crippen LogP contribution in [0.4, 0.5) is 0 Å². The van der Waals surface area contributed by atoms with Crippen molar-refractivity contribution in [1.82, 2.24) is 0 Å². The van der Waals surface area contributed by atoms with Gasteiger partial charge in [0.2, 0.25) is 0 Å². The van der Waals surface area contributed by atoms with Gasteiger partial charge in [0.25, 0.3) is 0 Å². The second kappa shape index (κ2) is 10.7. The van der Waals surface area contributed by atoms with Gasteiger partial charge in [-0.2, -0.15) is 0 Å². The van der Waals surface area contributed by atoms with Gasteiger partial charge in [-0.3, -0.25) is 0 Å². The monoisotopic (exact) mass is 200 g/mol. The summed E-state index contributed by atoms with van der Waals surface area (Å²) in [4.78, 5) is 0. The molecule has 0 heterocycles. The van der Waals surface area contributed by atoms with Gasteiger partial charge >= 0.3 is 0 Å². The maximum absolute atomic E-state index is 5.44. The predicted molar refractivity (Wildman–Crippen MR) is 60.3 cm³/mol. The third kappa shape index (κ3) is 8.27. The quantitative estimate of drug-likeness (QED) is 0.322. The fourth-order valence-corrected chi connectivity index (χ4v) is 1.27. The molecule has 0 aromatic rings. The van der Waals surface area contributed by atoms with Crippen LogP contribution in [0.3, 0.4) is 0 Å².